The zero-order valence-corrected chi connectivity index (χ0v) is 14.5. The van der Waals surface area contributed by atoms with Crippen LogP contribution in [-0.2, 0) is 10.0 Å². The van der Waals surface area contributed by atoms with Gasteiger partial charge in [-0.05, 0) is 67.4 Å². The third kappa shape index (κ3) is 3.51. The highest BCUT2D eigenvalue weighted by molar-refractivity contribution is 14.1. The Kier molecular flexibility index (Phi) is 5.06. The van der Waals surface area contributed by atoms with Crippen LogP contribution in [-0.4, -0.2) is 62.1 Å². The van der Waals surface area contributed by atoms with Gasteiger partial charge in [-0.15, -0.1) is 0 Å². The Morgan fingerprint density at radius 3 is 2.50 bits per heavy atom. The normalized spacial score (nSPS) is 24.4. The summed E-state index contributed by atoms with van der Waals surface area (Å²) >= 11 is 2.14. The molecule has 0 aromatic heterocycles. The van der Waals surface area contributed by atoms with Gasteiger partial charge >= 0.3 is 0 Å². The van der Waals surface area contributed by atoms with Crippen molar-refractivity contribution in [1.29, 1.82) is 0 Å². The molecule has 20 heavy (non-hydrogen) atoms. The average molecular weight is 410 g/mol. The standard InChI is InChI=1S/C13H19IN2O3S/c1-15(2)8-11-7-12(17)9-16(11)20(18,19)13-5-3-10(14)4-6-13/h3-6,11-12,17H,7-9H2,1-2H3. The second-order valence-corrected chi connectivity index (χ2v) is 8.47. The molecule has 1 saturated heterocycles. The van der Waals surface area contributed by atoms with Crippen LogP contribution in [0.5, 0.6) is 0 Å². The second-order valence-electron chi connectivity index (χ2n) is 5.33. The lowest BCUT2D eigenvalue weighted by Gasteiger charge is -2.26. The van der Waals surface area contributed by atoms with E-state index in [0.29, 0.717) is 13.0 Å². The Hall–Kier alpha value is -0.220. The average Bonchev–Trinajstić information content (AvgIpc) is 2.70. The first-order valence-electron chi connectivity index (χ1n) is 6.41. The van der Waals surface area contributed by atoms with Crippen LogP contribution in [0.3, 0.4) is 0 Å². The number of likely N-dealkylation sites (N-methyl/N-ethyl adjacent to an activating group) is 1. The molecule has 112 valence electrons. The molecule has 2 atom stereocenters. The van der Waals surface area contributed by atoms with Crippen molar-refractivity contribution >= 4 is 32.6 Å². The zero-order chi connectivity index (χ0) is 14.9. The van der Waals surface area contributed by atoms with Crippen LogP contribution in [0, 0.1) is 3.57 Å². The lowest BCUT2D eigenvalue weighted by atomic mass is 10.2. The first kappa shape index (κ1) is 16.2. The van der Waals surface area contributed by atoms with E-state index in [1.807, 2.05) is 19.0 Å². The van der Waals surface area contributed by atoms with Crippen molar-refractivity contribution in [2.24, 2.45) is 0 Å². The Bertz CT molecular complexity index is 559. The number of hydrogen-bond donors (Lipinski definition) is 1. The first-order chi connectivity index (χ1) is 9.30. The smallest absolute Gasteiger partial charge is 0.243 e. The van der Waals surface area contributed by atoms with Crippen LogP contribution in [0.4, 0.5) is 0 Å². The van der Waals surface area contributed by atoms with Crippen molar-refractivity contribution in [1.82, 2.24) is 9.21 Å². The largest absolute Gasteiger partial charge is 0.392 e. The highest BCUT2D eigenvalue weighted by Crippen LogP contribution is 2.27. The summed E-state index contributed by atoms with van der Waals surface area (Å²) in [4.78, 5) is 2.23. The fraction of sp³-hybridized carbons (Fsp3) is 0.538. The Morgan fingerprint density at radius 2 is 1.95 bits per heavy atom. The number of nitrogens with zero attached hydrogens (tertiary/aromatic N) is 2. The maximum absolute atomic E-state index is 12.7. The molecule has 1 heterocycles. The van der Waals surface area contributed by atoms with Gasteiger partial charge in [0.2, 0.25) is 10.0 Å². The number of aliphatic hydroxyl groups is 1. The highest BCUT2D eigenvalue weighted by atomic mass is 127. The fourth-order valence-corrected chi connectivity index (χ4v) is 4.51. The molecular weight excluding hydrogens is 391 g/mol. The van der Waals surface area contributed by atoms with E-state index in [4.69, 9.17) is 0 Å². The summed E-state index contributed by atoms with van der Waals surface area (Å²) in [7, 11) is 0.266. The Morgan fingerprint density at radius 1 is 1.35 bits per heavy atom. The second kappa shape index (κ2) is 6.27. The van der Waals surface area contributed by atoms with Crippen LogP contribution >= 0.6 is 22.6 Å². The summed E-state index contributed by atoms with van der Waals surface area (Å²) in [6, 6.07) is 6.62. The van der Waals surface area contributed by atoms with Gasteiger partial charge in [-0.2, -0.15) is 4.31 Å². The zero-order valence-electron chi connectivity index (χ0n) is 11.5. The van der Waals surface area contributed by atoms with Crippen molar-refractivity contribution in [3.05, 3.63) is 27.8 Å². The minimum Gasteiger partial charge on any atom is -0.392 e. The molecular formula is C13H19IN2O3S. The minimum absolute atomic E-state index is 0.173. The fourth-order valence-electron chi connectivity index (χ4n) is 2.49. The summed E-state index contributed by atoms with van der Waals surface area (Å²) < 4.78 is 27.8. The summed E-state index contributed by atoms with van der Waals surface area (Å²) in [5, 5.41) is 9.81. The number of rotatable bonds is 4. The molecule has 2 rings (SSSR count). The molecule has 0 spiro atoms. The number of sulfonamides is 1. The molecule has 0 radical (unpaired) electrons. The van der Waals surface area contributed by atoms with Crippen LogP contribution in [0.2, 0.25) is 0 Å². The van der Waals surface area contributed by atoms with Gasteiger partial charge in [0.05, 0.1) is 11.0 Å². The van der Waals surface area contributed by atoms with E-state index >= 15 is 0 Å². The molecule has 1 N–H and O–H groups in total. The van der Waals surface area contributed by atoms with Gasteiger partial charge in [0.1, 0.15) is 0 Å². The maximum atomic E-state index is 12.7. The van der Waals surface area contributed by atoms with Crippen molar-refractivity contribution in [2.75, 3.05) is 27.2 Å². The Labute approximate surface area is 133 Å². The molecule has 5 nitrogen and oxygen atoms in total. The van der Waals surface area contributed by atoms with Crippen LogP contribution in [0.15, 0.2) is 29.2 Å². The minimum atomic E-state index is -3.54. The van der Waals surface area contributed by atoms with E-state index < -0.39 is 16.1 Å². The lowest BCUT2D eigenvalue weighted by molar-refractivity contribution is 0.188. The third-order valence-electron chi connectivity index (χ3n) is 3.34. The van der Waals surface area contributed by atoms with Crippen LogP contribution in [0.1, 0.15) is 6.42 Å². The number of benzene rings is 1. The Balaban J connectivity index is 2.29. The SMILES string of the molecule is CN(C)CC1CC(O)CN1S(=O)(=O)c1ccc(I)cc1. The lowest BCUT2D eigenvalue weighted by Crippen LogP contribution is -2.41. The predicted octanol–water partition coefficient (Wildman–Crippen LogP) is 0.977. The topological polar surface area (TPSA) is 60.9 Å². The monoisotopic (exact) mass is 410 g/mol. The quantitative estimate of drug-likeness (QED) is 0.752. The predicted molar refractivity (Wildman–Crippen MR) is 86.0 cm³/mol. The van der Waals surface area contributed by atoms with E-state index in [1.165, 1.54) is 4.31 Å². The molecule has 0 amide bonds. The van der Waals surface area contributed by atoms with Crippen molar-refractivity contribution < 1.29 is 13.5 Å². The highest BCUT2D eigenvalue weighted by Gasteiger charge is 2.39. The van der Waals surface area contributed by atoms with Crippen molar-refractivity contribution in [3.63, 3.8) is 0 Å². The van der Waals surface area contributed by atoms with E-state index in [9.17, 15) is 13.5 Å². The van der Waals surface area contributed by atoms with Gasteiger partial charge in [-0.25, -0.2) is 8.42 Å². The number of hydrogen-bond acceptors (Lipinski definition) is 4. The van der Waals surface area contributed by atoms with Gasteiger partial charge in [0.25, 0.3) is 0 Å². The maximum Gasteiger partial charge on any atom is 0.243 e. The van der Waals surface area contributed by atoms with Gasteiger partial charge in [0.15, 0.2) is 0 Å². The van der Waals surface area contributed by atoms with E-state index in [0.717, 1.165) is 3.57 Å². The van der Waals surface area contributed by atoms with Crippen LogP contribution < -0.4 is 0 Å². The van der Waals surface area contributed by atoms with E-state index in [1.54, 1.807) is 24.3 Å². The van der Waals surface area contributed by atoms with Crippen molar-refractivity contribution in [3.8, 4) is 0 Å². The summed E-state index contributed by atoms with van der Waals surface area (Å²) in [6.07, 6.45) is -0.0968. The molecule has 1 aromatic rings. The van der Waals surface area contributed by atoms with Crippen LogP contribution in [0.25, 0.3) is 0 Å². The molecule has 1 aliphatic heterocycles. The molecule has 7 heteroatoms. The summed E-state index contributed by atoms with van der Waals surface area (Å²) in [5.74, 6) is 0. The van der Waals surface area contributed by atoms with Gasteiger partial charge in [-0.1, -0.05) is 0 Å². The first-order valence-corrected chi connectivity index (χ1v) is 8.93. The van der Waals surface area contributed by atoms with E-state index in [-0.39, 0.29) is 17.5 Å². The van der Waals surface area contributed by atoms with Gasteiger partial charge in [0, 0.05) is 22.7 Å². The molecule has 0 saturated carbocycles. The van der Waals surface area contributed by atoms with Crippen molar-refractivity contribution in [2.45, 2.75) is 23.5 Å². The number of aliphatic hydroxyl groups excluding tert-OH is 1. The molecule has 1 aromatic carbocycles. The molecule has 1 aliphatic rings. The van der Waals surface area contributed by atoms with Gasteiger partial charge in [-0.3, -0.25) is 0 Å². The summed E-state index contributed by atoms with van der Waals surface area (Å²) in [6.45, 7) is 0.785. The molecule has 0 aliphatic carbocycles. The number of β-amino-alcohol motifs (C(OH)–C–C–N with tert-alkyl or cyclic N) is 1. The number of halogens is 1. The van der Waals surface area contributed by atoms with E-state index in [2.05, 4.69) is 22.6 Å². The molecule has 1 fully saturated rings. The third-order valence-corrected chi connectivity index (χ3v) is 5.99. The molecule has 0 bridgehead atoms. The molecule has 2 unspecified atom stereocenters. The van der Waals surface area contributed by atoms with Gasteiger partial charge < -0.3 is 10.0 Å². The summed E-state index contributed by atoms with van der Waals surface area (Å²) in [5.41, 5.74) is 0.